The first-order chi connectivity index (χ1) is 7.15. The van der Waals surface area contributed by atoms with E-state index >= 15 is 0 Å². The summed E-state index contributed by atoms with van der Waals surface area (Å²) in [6.45, 7) is 2.95. The molecule has 0 radical (unpaired) electrons. The van der Waals surface area contributed by atoms with Crippen molar-refractivity contribution in [1.82, 2.24) is 10.3 Å². The summed E-state index contributed by atoms with van der Waals surface area (Å²) in [6, 6.07) is 1.47. The van der Waals surface area contributed by atoms with Crippen LogP contribution < -0.4 is 11.1 Å². The highest BCUT2D eigenvalue weighted by atomic mass is 16.3. The van der Waals surface area contributed by atoms with Gasteiger partial charge in [0.25, 0.3) is 5.91 Å². The van der Waals surface area contributed by atoms with Crippen molar-refractivity contribution < 1.29 is 9.90 Å². The van der Waals surface area contributed by atoms with E-state index in [1.54, 1.807) is 0 Å². The minimum Gasteiger partial charge on any atom is -0.505 e. The highest BCUT2D eigenvalue weighted by molar-refractivity contribution is 5.96. The topological polar surface area (TPSA) is 88.2 Å². The number of nitrogens with one attached hydrogen (secondary N) is 1. The molecule has 0 aliphatic rings. The predicted octanol–water partition coefficient (Wildman–Crippen LogP) is 0.112. The number of carbonyl (C=O) groups excluding carboxylic acids is 1. The van der Waals surface area contributed by atoms with Crippen molar-refractivity contribution in [2.45, 2.75) is 6.92 Å². The highest BCUT2D eigenvalue weighted by Crippen LogP contribution is 2.13. The minimum atomic E-state index is -0.310. The molecule has 1 aromatic rings. The maximum Gasteiger partial charge on any atom is 0.255 e. The molecule has 4 N–H and O–H groups in total. The number of amides is 1. The fourth-order valence-corrected chi connectivity index (χ4v) is 1.02. The average Bonchev–Trinajstić information content (AvgIpc) is 2.26. The Morgan fingerprint density at radius 1 is 1.73 bits per heavy atom. The van der Waals surface area contributed by atoms with Crippen LogP contribution in [0.2, 0.25) is 0 Å². The van der Waals surface area contributed by atoms with Crippen LogP contribution in [-0.2, 0) is 0 Å². The molecular weight excluding hydrogens is 194 g/mol. The molecule has 0 bridgehead atoms. The van der Waals surface area contributed by atoms with Gasteiger partial charge in [-0.2, -0.15) is 0 Å². The monoisotopic (exact) mass is 209 g/mol. The van der Waals surface area contributed by atoms with Gasteiger partial charge < -0.3 is 16.2 Å². The van der Waals surface area contributed by atoms with E-state index in [2.05, 4.69) is 10.3 Å². The molecule has 0 aromatic carbocycles. The van der Waals surface area contributed by atoms with Gasteiger partial charge in [-0.15, -0.1) is 0 Å². The number of aromatic hydroxyl groups is 1. The van der Waals surface area contributed by atoms with E-state index in [1.165, 1.54) is 18.5 Å². The van der Waals surface area contributed by atoms with Crippen molar-refractivity contribution in [2.24, 2.45) is 11.7 Å². The molecule has 0 aliphatic carbocycles. The van der Waals surface area contributed by atoms with Gasteiger partial charge in [0.2, 0.25) is 0 Å². The molecule has 1 aromatic heterocycles. The van der Waals surface area contributed by atoms with Crippen LogP contribution in [0.3, 0.4) is 0 Å². The molecule has 0 spiro atoms. The summed E-state index contributed by atoms with van der Waals surface area (Å²) in [7, 11) is 0. The Kier molecular flexibility index (Phi) is 4.05. The fourth-order valence-electron chi connectivity index (χ4n) is 1.02. The number of hydrogen-bond donors (Lipinski definition) is 3. The zero-order valence-electron chi connectivity index (χ0n) is 8.60. The molecule has 0 saturated carbocycles. The molecule has 0 saturated heterocycles. The van der Waals surface area contributed by atoms with Crippen molar-refractivity contribution >= 4 is 5.91 Å². The van der Waals surface area contributed by atoms with E-state index in [4.69, 9.17) is 5.73 Å². The van der Waals surface area contributed by atoms with Gasteiger partial charge >= 0.3 is 0 Å². The fraction of sp³-hybridized carbons (Fsp3) is 0.400. The van der Waals surface area contributed by atoms with Crippen LogP contribution in [0, 0.1) is 5.92 Å². The largest absolute Gasteiger partial charge is 0.505 e. The summed E-state index contributed by atoms with van der Waals surface area (Å²) < 4.78 is 0. The second kappa shape index (κ2) is 5.31. The third-order valence-corrected chi connectivity index (χ3v) is 2.06. The molecule has 1 rings (SSSR count). The quantitative estimate of drug-likeness (QED) is 0.656. The normalized spacial score (nSPS) is 12.1. The molecule has 1 amide bonds. The highest BCUT2D eigenvalue weighted by Gasteiger charge is 2.10. The first kappa shape index (κ1) is 11.5. The number of aromatic nitrogens is 1. The van der Waals surface area contributed by atoms with Crippen LogP contribution in [0.4, 0.5) is 0 Å². The predicted molar refractivity (Wildman–Crippen MR) is 56.5 cm³/mol. The zero-order valence-corrected chi connectivity index (χ0v) is 8.60. The second-order valence-corrected chi connectivity index (χ2v) is 3.44. The molecule has 0 fully saturated rings. The van der Waals surface area contributed by atoms with E-state index < -0.39 is 0 Å². The summed E-state index contributed by atoms with van der Waals surface area (Å²) in [5, 5.41) is 12.0. The Balaban J connectivity index is 2.58. The first-order valence-corrected chi connectivity index (χ1v) is 4.76. The van der Waals surface area contributed by atoms with E-state index in [-0.39, 0.29) is 23.1 Å². The lowest BCUT2D eigenvalue weighted by Gasteiger charge is -2.10. The first-order valence-electron chi connectivity index (χ1n) is 4.76. The number of nitrogens with two attached hydrogens (primary N) is 1. The molecule has 1 heterocycles. The third-order valence-electron chi connectivity index (χ3n) is 2.06. The van der Waals surface area contributed by atoms with Crippen LogP contribution in [0.1, 0.15) is 17.3 Å². The molecule has 1 unspecified atom stereocenters. The van der Waals surface area contributed by atoms with Crippen molar-refractivity contribution in [3.05, 3.63) is 24.0 Å². The lowest BCUT2D eigenvalue weighted by molar-refractivity contribution is 0.0946. The zero-order chi connectivity index (χ0) is 11.3. The molecule has 15 heavy (non-hydrogen) atoms. The smallest absolute Gasteiger partial charge is 0.255 e. The summed E-state index contributed by atoms with van der Waals surface area (Å²) in [5.74, 6) is -0.205. The number of pyridine rings is 1. The summed E-state index contributed by atoms with van der Waals surface area (Å²) in [5.41, 5.74) is 5.65. The molecule has 0 aliphatic heterocycles. The van der Waals surface area contributed by atoms with Gasteiger partial charge in [0.15, 0.2) is 0 Å². The Morgan fingerprint density at radius 3 is 3.07 bits per heavy atom. The maximum atomic E-state index is 11.5. The summed E-state index contributed by atoms with van der Waals surface area (Å²) in [4.78, 5) is 15.2. The third kappa shape index (κ3) is 3.21. The molecule has 82 valence electrons. The SMILES string of the molecule is CC(CN)CNC(=O)c1ccncc1O. The second-order valence-electron chi connectivity index (χ2n) is 3.44. The van der Waals surface area contributed by atoms with Crippen molar-refractivity contribution in [3.63, 3.8) is 0 Å². The van der Waals surface area contributed by atoms with Gasteiger partial charge in [0.1, 0.15) is 5.75 Å². The van der Waals surface area contributed by atoms with Crippen molar-refractivity contribution in [2.75, 3.05) is 13.1 Å². The molecule has 1 atom stereocenters. The Labute approximate surface area is 88.3 Å². The number of hydrogen-bond acceptors (Lipinski definition) is 4. The van der Waals surface area contributed by atoms with Crippen LogP contribution in [0.5, 0.6) is 5.75 Å². The van der Waals surface area contributed by atoms with Gasteiger partial charge in [0, 0.05) is 12.7 Å². The lowest BCUT2D eigenvalue weighted by Crippen LogP contribution is -2.31. The van der Waals surface area contributed by atoms with Crippen LogP contribution in [0.25, 0.3) is 0 Å². The molecule has 5 heteroatoms. The average molecular weight is 209 g/mol. The van der Waals surface area contributed by atoms with Crippen LogP contribution in [0.15, 0.2) is 18.5 Å². The van der Waals surface area contributed by atoms with E-state index in [0.717, 1.165) is 0 Å². The maximum absolute atomic E-state index is 11.5. The van der Waals surface area contributed by atoms with Crippen molar-refractivity contribution in [3.8, 4) is 5.75 Å². The Bertz CT molecular complexity index is 341. The van der Waals surface area contributed by atoms with Gasteiger partial charge in [-0.3, -0.25) is 9.78 Å². The Hall–Kier alpha value is -1.62. The molecular formula is C10H15N3O2. The number of rotatable bonds is 4. The van der Waals surface area contributed by atoms with E-state index in [1.807, 2.05) is 6.92 Å². The van der Waals surface area contributed by atoms with Gasteiger partial charge in [-0.1, -0.05) is 6.92 Å². The van der Waals surface area contributed by atoms with Gasteiger partial charge in [-0.25, -0.2) is 0 Å². The summed E-state index contributed by atoms with van der Waals surface area (Å²) in [6.07, 6.45) is 2.70. The minimum absolute atomic E-state index is 0.115. The Morgan fingerprint density at radius 2 is 2.47 bits per heavy atom. The van der Waals surface area contributed by atoms with Crippen molar-refractivity contribution in [1.29, 1.82) is 0 Å². The standard InChI is InChI=1S/C10H15N3O2/c1-7(4-11)5-13-10(15)8-2-3-12-6-9(8)14/h2-3,6-7,14H,4-5,11H2,1H3,(H,13,15). The van der Waals surface area contributed by atoms with E-state index in [0.29, 0.717) is 13.1 Å². The van der Waals surface area contributed by atoms with Gasteiger partial charge in [-0.05, 0) is 18.5 Å². The van der Waals surface area contributed by atoms with Crippen LogP contribution in [-0.4, -0.2) is 29.1 Å². The van der Waals surface area contributed by atoms with Crippen LogP contribution >= 0.6 is 0 Å². The molecule has 5 nitrogen and oxygen atoms in total. The number of carbonyl (C=O) groups is 1. The summed E-state index contributed by atoms with van der Waals surface area (Å²) >= 11 is 0. The lowest BCUT2D eigenvalue weighted by atomic mass is 10.1. The van der Waals surface area contributed by atoms with E-state index in [9.17, 15) is 9.90 Å². The van der Waals surface area contributed by atoms with Gasteiger partial charge in [0.05, 0.1) is 11.8 Å². The number of nitrogens with zero attached hydrogens (tertiary/aromatic N) is 1.